The highest BCUT2D eigenvalue weighted by Crippen LogP contribution is 2.50. The molecule has 180 valence electrons. The number of aromatic nitrogens is 5. The number of fused-ring (bicyclic) bond motifs is 3. The van der Waals surface area contributed by atoms with Crippen LogP contribution in [0.3, 0.4) is 0 Å². The van der Waals surface area contributed by atoms with Gasteiger partial charge in [0.25, 0.3) is 15.6 Å². The smallest absolute Gasteiger partial charge is 0.262 e. The molecule has 11 heteroatoms. The number of piperidine rings is 1. The lowest BCUT2D eigenvalue weighted by Gasteiger charge is -2.31. The van der Waals surface area contributed by atoms with E-state index in [9.17, 15) is 13.2 Å². The molecule has 0 amide bonds. The summed E-state index contributed by atoms with van der Waals surface area (Å²) in [5.41, 5.74) is 0.695. The predicted molar refractivity (Wildman–Crippen MR) is 127 cm³/mol. The van der Waals surface area contributed by atoms with Crippen LogP contribution >= 0.6 is 0 Å². The average Bonchev–Trinajstić information content (AvgIpc) is 3.57. The van der Waals surface area contributed by atoms with Crippen LogP contribution in [-0.4, -0.2) is 56.2 Å². The van der Waals surface area contributed by atoms with Gasteiger partial charge in [0, 0.05) is 56.1 Å². The molecule has 10 nitrogen and oxygen atoms in total. The Morgan fingerprint density at radius 1 is 1.06 bits per heavy atom. The van der Waals surface area contributed by atoms with Crippen molar-refractivity contribution in [2.24, 2.45) is 18.9 Å². The Balaban J connectivity index is 1.20. The van der Waals surface area contributed by atoms with Crippen LogP contribution in [0.5, 0.6) is 0 Å². The fourth-order valence-corrected chi connectivity index (χ4v) is 7.46. The van der Waals surface area contributed by atoms with E-state index in [0.29, 0.717) is 43.4 Å². The van der Waals surface area contributed by atoms with Crippen LogP contribution in [-0.2, 0) is 17.1 Å². The van der Waals surface area contributed by atoms with Gasteiger partial charge in [-0.25, -0.2) is 13.4 Å². The Morgan fingerprint density at radius 3 is 2.56 bits per heavy atom. The van der Waals surface area contributed by atoms with Crippen molar-refractivity contribution in [2.75, 3.05) is 18.4 Å². The number of hydrogen-bond acceptors (Lipinski definition) is 7. The Labute approximate surface area is 198 Å². The molecule has 34 heavy (non-hydrogen) atoms. The minimum atomic E-state index is -3.59. The summed E-state index contributed by atoms with van der Waals surface area (Å²) in [4.78, 5) is 22.1. The number of nitrogens with zero attached hydrogens (tertiary/aromatic N) is 6. The average molecular weight is 484 g/mol. The van der Waals surface area contributed by atoms with Gasteiger partial charge in [-0.05, 0) is 56.1 Å². The molecule has 0 unspecified atom stereocenters. The largest absolute Gasteiger partial charge is 0.351 e. The van der Waals surface area contributed by atoms with E-state index in [2.05, 4.69) is 15.4 Å². The Kier molecular flexibility index (Phi) is 5.21. The first kappa shape index (κ1) is 21.7. The summed E-state index contributed by atoms with van der Waals surface area (Å²) in [6, 6.07) is 5.23. The molecule has 3 aromatic rings. The molecule has 0 radical (unpaired) electrons. The van der Waals surface area contributed by atoms with Gasteiger partial charge in [0.15, 0.2) is 5.03 Å². The monoisotopic (exact) mass is 483 g/mol. The van der Waals surface area contributed by atoms with Crippen molar-refractivity contribution >= 4 is 27.0 Å². The van der Waals surface area contributed by atoms with Gasteiger partial charge in [-0.2, -0.15) is 14.4 Å². The third-order valence-corrected chi connectivity index (χ3v) is 9.57. The van der Waals surface area contributed by atoms with Gasteiger partial charge in [0.2, 0.25) is 5.95 Å². The third kappa shape index (κ3) is 3.70. The second-order valence-electron chi connectivity index (χ2n) is 9.91. The number of aryl methyl sites for hydroxylation is 1. The maximum atomic E-state index is 12.9. The number of pyridine rings is 1. The first-order valence-corrected chi connectivity index (χ1v) is 13.5. The van der Waals surface area contributed by atoms with Crippen LogP contribution in [0.4, 0.5) is 5.95 Å². The summed E-state index contributed by atoms with van der Waals surface area (Å²) < 4.78 is 30.5. The fourth-order valence-electron chi connectivity index (χ4n) is 6.04. The SMILES string of the molecule is Cn1ccc(S(=O)(=O)N2CCC(Nc3ncc4ccc(=O)n([C@H]5C[C@@H]6CC[C@H]5C6)c4n3)CC2)n1. The number of nitrogens with one attached hydrogen (secondary N) is 1. The van der Waals surface area contributed by atoms with Crippen LogP contribution in [0.1, 0.15) is 44.6 Å². The molecule has 3 aliphatic rings. The van der Waals surface area contributed by atoms with Crippen LogP contribution in [0, 0.1) is 11.8 Å². The molecule has 3 atom stereocenters. The van der Waals surface area contributed by atoms with E-state index in [-0.39, 0.29) is 22.7 Å². The standard InChI is InChI=1S/C23H29N7O3S/c1-28-9-8-20(27-28)34(32,33)29-10-6-18(7-11-29)25-23-24-14-17-4-5-21(31)30(22(17)26-23)19-13-15-2-3-16(19)12-15/h4-5,8-9,14-16,18-19H,2-3,6-7,10-13H2,1H3,(H,24,25,26)/t15-,16+,19+/m1/s1. The fraction of sp³-hybridized carbons (Fsp3) is 0.565. The van der Waals surface area contributed by atoms with Crippen molar-refractivity contribution in [3.05, 3.63) is 40.9 Å². The van der Waals surface area contributed by atoms with E-state index in [4.69, 9.17) is 4.98 Å². The molecular weight excluding hydrogens is 454 g/mol. The summed E-state index contributed by atoms with van der Waals surface area (Å²) in [6.45, 7) is 0.806. The van der Waals surface area contributed by atoms with E-state index in [1.165, 1.54) is 34.3 Å². The predicted octanol–water partition coefficient (Wildman–Crippen LogP) is 2.15. The lowest BCUT2D eigenvalue weighted by Crippen LogP contribution is -2.42. The van der Waals surface area contributed by atoms with Crippen molar-refractivity contribution in [2.45, 2.75) is 55.6 Å². The molecule has 3 fully saturated rings. The van der Waals surface area contributed by atoms with Gasteiger partial charge in [0.1, 0.15) is 5.65 Å². The maximum absolute atomic E-state index is 12.9. The molecule has 2 saturated carbocycles. The zero-order valence-corrected chi connectivity index (χ0v) is 20.0. The molecule has 2 aliphatic carbocycles. The van der Waals surface area contributed by atoms with E-state index in [0.717, 1.165) is 17.7 Å². The quantitative estimate of drug-likeness (QED) is 0.591. The van der Waals surface area contributed by atoms with Crippen LogP contribution in [0.25, 0.3) is 11.0 Å². The molecular formula is C23H29N7O3S. The summed E-state index contributed by atoms with van der Waals surface area (Å²) >= 11 is 0. The molecule has 3 aromatic heterocycles. The van der Waals surface area contributed by atoms with Gasteiger partial charge < -0.3 is 5.32 Å². The van der Waals surface area contributed by atoms with Crippen LogP contribution in [0.2, 0.25) is 0 Å². The molecule has 1 aliphatic heterocycles. The molecule has 1 N–H and O–H groups in total. The summed E-state index contributed by atoms with van der Waals surface area (Å²) in [7, 11) is -1.88. The Morgan fingerprint density at radius 2 is 1.88 bits per heavy atom. The van der Waals surface area contributed by atoms with E-state index in [1.807, 2.05) is 4.57 Å². The van der Waals surface area contributed by atoms with E-state index >= 15 is 0 Å². The third-order valence-electron chi connectivity index (χ3n) is 7.78. The topological polar surface area (TPSA) is 115 Å². The summed E-state index contributed by atoms with van der Waals surface area (Å²) in [5.74, 6) is 1.77. The molecule has 0 spiro atoms. The normalized spacial score (nSPS) is 25.9. The molecule has 2 bridgehead atoms. The zero-order valence-electron chi connectivity index (χ0n) is 19.2. The summed E-state index contributed by atoms with van der Waals surface area (Å²) in [6.07, 6.45) is 9.42. The Hall–Kier alpha value is -2.79. The number of sulfonamides is 1. The first-order chi connectivity index (χ1) is 16.4. The second-order valence-corrected chi connectivity index (χ2v) is 11.8. The number of hydrogen-bond donors (Lipinski definition) is 1. The van der Waals surface area contributed by atoms with Crippen molar-refractivity contribution in [1.29, 1.82) is 0 Å². The van der Waals surface area contributed by atoms with Crippen LogP contribution in [0.15, 0.2) is 40.4 Å². The number of anilines is 1. The molecule has 1 saturated heterocycles. The van der Waals surface area contributed by atoms with E-state index < -0.39 is 10.0 Å². The highest BCUT2D eigenvalue weighted by atomic mass is 32.2. The van der Waals surface area contributed by atoms with Gasteiger partial charge in [-0.1, -0.05) is 6.42 Å². The molecule has 0 aromatic carbocycles. The lowest BCUT2D eigenvalue weighted by atomic mass is 9.95. The molecule has 6 rings (SSSR count). The van der Waals surface area contributed by atoms with Gasteiger partial charge in [-0.15, -0.1) is 0 Å². The lowest BCUT2D eigenvalue weighted by molar-refractivity contribution is 0.327. The Bertz CT molecular complexity index is 1390. The minimum absolute atomic E-state index is 0.00253. The zero-order chi connectivity index (χ0) is 23.4. The van der Waals surface area contributed by atoms with Gasteiger partial charge >= 0.3 is 0 Å². The van der Waals surface area contributed by atoms with Crippen molar-refractivity contribution in [1.82, 2.24) is 28.6 Å². The van der Waals surface area contributed by atoms with Crippen molar-refractivity contribution in [3.63, 3.8) is 0 Å². The minimum Gasteiger partial charge on any atom is -0.351 e. The molecule has 4 heterocycles. The van der Waals surface area contributed by atoms with Gasteiger partial charge in [0.05, 0.1) is 0 Å². The number of rotatable bonds is 5. The van der Waals surface area contributed by atoms with Crippen molar-refractivity contribution < 1.29 is 8.42 Å². The first-order valence-electron chi connectivity index (χ1n) is 12.0. The maximum Gasteiger partial charge on any atom is 0.262 e. The van der Waals surface area contributed by atoms with Crippen LogP contribution < -0.4 is 10.9 Å². The highest BCUT2D eigenvalue weighted by molar-refractivity contribution is 7.89. The van der Waals surface area contributed by atoms with Gasteiger partial charge in [-0.3, -0.25) is 14.0 Å². The van der Waals surface area contributed by atoms with E-state index in [1.54, 1.807) is 31.6 Å². The highest BCUT2D eigenvalue weighted by Gasteiger charge is 2.41. The summed E-state index contributed by atoms with van der Waals surface area (Å²) in [5, 5.41) is 8.39. The second kappa shape index (κ2) is 8.16. The van der Waals surface area contributed by atoms with Crippen molar-refractivity contribution in [3.8, 4) is 0 Å².